The Morgan fingerprint density at radius 2 is 0.833 bits per heavy atom. The zero-order valence-electron chi connectivity index (χ0n) is 47.1. The fraction of sp³-hybridized carbons (Fsp3) is 0.200. The average molecular weight is 1010 g/mol. The molecule has 0 amide bonds. The first-order valence-corrected chi connectivity index (χ1v) is 28.2. The third-order valence-electron chi connectivity index (χ3n) is 18.2. The molecule has 0 unspecified atom stereocenters. The van der Waals surface area contributed by atoms with Crippen LogP contribution in [0.15, 0.2) is 206 Å². The average Bonchev–Trinajstić information content (AvgIpc) is 3.56. The van der Waals surface area contributed by atoms with Crippen molar-refractivity contribution in [3.05, 3.63) is 245 Å². The predicted molar refractivity (Wildman–Crippen MR) is 334 cm³/mol. The first-order valence-electron chi connectivity index (χ1n) is 28.2. The van der Waals surface area contributed by atoms with Crippen LogP contribution in [0.2, 0.25) is 0 Å². The maximum absolute atomic E-state index is 2.62. The summed E-state index contributed by atoms with van der Waals surface area (Å²) in [7, 11) is 0. The Kier molecular flexibility index (Phi) is 10.5. The minimum atomic E-state index is -0.0938. The molecule has 0 spiro atoms. The van der Waals surface area contributed by atoms with Crippen LogP contribution in [-0.4, -0.2) is 6.71 Å². The van der Waals surface area contributed by atoms with Crippen LogP contribution in [-0.2, 0) is 21.7 Å². The topological polar surface area (TPSA) is 6.48 Å². The van der Waals surface area contributed by atoms with E-state index in [0.717, 1.165) is 5.69 Å². The molecular formula is C75H67BN2. The standard InChI is InChI=1S/C75H67BN2/c1-46-41-67-71-68(42-46)78(64-39-33-49(43-57(64)47-21-13-12-14-22-47)54-26-20-30-61-70(54)56-24-16-18-28-59(56)75(61,10)11)65-40-35-50(72(2,3)4)44-63(65)76(71)62-38-34-51(73(5,6)7)45-66(62)77(67)52-36-31-48(32-37-52)53-25-19-29-60-69(53)55-23-15-17-27-58(55)74(60,8)9/h12-45H,1-11H3. The third-order valence-corrected chi connectivity index (χ3v) is 18.2. The monoisotopic (exact) mass is 1010 g/mol. The van der Waals surface area contributed by atoms with Crippen LogP contribution in [0.1, 0.15) is 108 Å². The molecule has 3 heteroatoms. The van der Waals surface area contributed by atoms with Crippen LogP contribution in [0.4, 0.5) is 34.1 Å². The number of aryl methyl sites for hydroxylation is 1. The lowest BCUT2D eigenvalue weighted by Crippen LogP contribution is -2.61. The van der Waals surface area contributed by atoms with Gasteiger partial charge in [-0.25, -0.2) is 0 Å². The molecule has 0 fully saturated rings. The lowest BCUT2D eigenvalue weighted by molar-refractivity contribution is 0.590. The van der Waals surface area contributed by atoms with Crippen LogP contribution in [0.25, 0.3) is 55.6 Å². The second-order valence-electron chi connectivity index (χ2n) is 25.8. The van der Waals surface area contributed by atoms with Crippen LogP contribution >= 0.6 is 0 Å². The second kappa shape index (κ2) is 16.9. The second-order valence-corrected chi connectivity index (χ2v) is 25.8. The Morgan fingerprint density at radius 1 is 0.346 bits per heavy atom. The van der Waals surface area contributed by atoms with E-state index in [-0.39, 0.29) is 28.4 Å². The molecule has 78 heavy (non-hydrogen) atoms. The van der Waals surface area contributed by atoms with Crippen molar-refractivity contribution >= 4 is 57.2 Å². The Balaban J connectivity index is 0.999. The third kappa shape index (κ3) is 7.09. The van der Waals surface area contributed by atoms with Crippen molar-refractivity contribution in [3.63, 3.8) is 0 Å². The van der Waals surface area contributed by atoms with Crippen molar-refractivity contribution in [2.75, 3.05) is 9.80 Å². The summed E-state index contributed by atoms with van der Waals surface area (Å²) < 4.78 is 0. The van der Waals surface area contributed by atoms with Gasteiger partial charge >= 0.3 is 0 Å². The van der Waals surface area contributed by atoms with E-state index < -0.39 is 0 Å². The van der Waals surface area contributed by atoms with E-state index in [9.17, 15) is 0 Å². The maximum atomic E-state index is 2.62. The molecule has 14 rings (SSSR count). The summed E-state index contributed by atoms with van der Waals surface area (Å²) >= 11 is 0. The summed E-state index contributed by atoms with van der Waals surface area (Å²) in [5.41, 5.74) is 33.2. The van der Waals surface area contributed by atoms with E-state index in [4.69, 9.17) is 0 Å². The quantitative estimate of drug-likeness (QED) is 0.159. The van der Waals surface area contributed by atoms with E-state index >= 15 is 0 Å². The van der Waals surface area contributed by atoms with Gasteiger partial charge in [0.05, 0.1) is 5.69 Å². The fourth-order valence-electron chi connectivity index (χ4n) is 14.1. The van der Waals surface area contributed by atoms with Crippen LogP contribution < -0.4 is 26.2 Å². The van der Waals surface area contributed by atoms with Crippen molar-refractivity contribution in [1.82, 2.24) is 0 Å². The highest BCUT2D eigenvalue weighted by molar-refractivity contribution is 7.00. The van der Waals surface area contributed by atoms with E-state index in [1.807, 2.05) is 0 Å². The smallest absolute Gasteiger partial charge is 0.252 e. The molecule has 2 aliphatic carbocycles. The van der Waals surface area contributed by atoms with E-state index in [2.05, 4.69) is 292 Å². The molecule has 2 aliphatic heterocycles. The molecule has 2 nitrogen and oxygen atoms in total. The van der Waals surface area contributed by atoms with Gasteiger partial charge in [0, 0.05) is 44.8 Å². The summed E-state index contributed by atoms with van der Waals surface area (Å²) in [4.78, 5) is 5.22. The fourth-order valence-corrected chi connectivity index (χ4v) is 14.1. The molecule has 380 valence electrons. The van der Waals surface area contributed by atoms with Crippen molar-refractivity contribution < 1.29 is 0 Å². The largest absolute Gasteiger partial charge is 0.311 e. The highest BCUT2D eigenvalue weighted by Crippen LogP contribution is 2.55. The van der Waals surface area contributed by atoms with Crippen molar-refractivity contribution in [3.8, 4) is 55.6 Å². The van der Waals surface area contributed by atoms with Gasteiger partial charge in [0.15, 0.2) is 0 Å². The molecule has 4 aliphatic rings. The van der Waals surface area contributed by atoms with Gasteiger partial charge in [-0.15, -0.1) is 0 Å². The Morgan fingerprint density at radius 3 is 1.45 bits per heavy atom. The minimum absolute atomic E-state index is 0.00574. The molecule has 0 saturated heterocycles. The van der Waals surface area contributed by atoms with Gasteiger partial charge in [-0.3, -0.25) is 0 Å². The van der Waals surface area contributed by atoms with Gasteiger partial charge in [-0.05, 0) is 172 Å². The number of fused-ring (bicyclic) bond motifs is 10. The summed E-state index contributed by atoms with van der Waals surface area (Å²) in [6, 6.07) is 79.4. The Labute approximate surface area is 463 Å². The van der Waals surface area contributed by atoms with Crippen molar-refractivity contribution in [2.24, 2.45) is 0 Å². The van der Waals surface area contributed by atoms with Crippen LogP contribution in [0.3, 0.4) is 0 Å². The maximum Gasteiger partial charge on any atom is 0.252 e. The Hall–Kier alpha value is -8.14. The van der Waals surface area contributed by atoms with Crippen LogP contribution in [0.5, 0.6) is 0 Å². The molecule has 0 aromatic heterocycles. The number of nitrogens with zero attached hydrogens (tertiary/aromatic N) is 2. The molecule has 0 radical (unpaired) electrons. The first kappa shape index (κ1) is 48.3. The molecule has 0 atom stereocenters. The molecule has 0 saturated carbocycles. The lowest BCUT2D eigenvalue weighted by Gasteiger charge is -2.45. The summed E-state index contributed by atoms with van der Waals surface area (Å²) in [5.74, 6) is 0. The van der Waals surface area contributed by atoms with Crippen molar-refractivity contribution in [2.45, 2.75) is 97.8 Å². The normalized spacial score (nSPS) is 15.0. The van der Waals surface area contributed by atoms with Crippen molar-refractivity contribution in [1.29, 1.82) is 0 Å². The van der Waals surface area contributed by atoms with Gasteiger partial charge in [0.2, 0.25) is 0 Å². The van der Waals surface area contributed by atoms with Crippen LogP contribution in [0, 0.1) is 6.92 Å². The Bertz CT molecular complexity index is 4120. The highest BCUT2D eigenvalue weighted by Gasteiger charge is 2.45. The molecule has 2 heterocycles. The van der Waals surface area contributed by atoms with E-state index in [1.54, 1.807) is 0 Å². The molecule has 0 bridgehead atoms. The molecule has 10 aromatic rings. The number of hydrogen-bond donors (Lipinski definition) is 0. The van der Waals surface area contributed by atoms with Gasteiger partial charge in [0.25, 0.3) is 6.71 Å². The summed E-state index contributed by atoms with van der Waals surface area (Å²) in [6.07, 6.45) is 0. The predicted octanol–water partition coefficient (Wildman–Crippen LogP) is 18.3. The minimum Gasteiger partial charge on any atom is -0.311 e. The number of anilines is 6. The van der Waals surface area contributed by atoms with E-state index in [0.29, 0.717) is 0 Å². The lowest BCUT2D eigenvalue weighted by atomic mass is 9.33. The molecule has 10 aromatic carbocycles. The zero-order valence-corrected chi connectivity index (χ0v) is 47.1. The zero-order chi connectivity index (χ0) is 53.8. The van der Waals surface area contributed by atoms with E-state index in [1.165, 1.54) is 139 Å². The van der Waals surface area contributed by atoms with Gasteiger partial charge in [-0.1, -0.05) is 227 Å². The SMILES string of the molecule is Cc1cc2c3c(c1)N(c1ccc(-c4cccc5c4-c4ccccc4C5(C)C)cc1-c1ccccc1)c1ccc(C(C)(C)C)cc1B3c1ccc(C(C)(C)C)cc1N2c1ccc(-c2cccc3c2-c2ccccc2C3(C)C)cc1. The number of rotatable bonds is 5. The molecule has 0 N–H and O–H groups in total. The highest BCUT2D eigenvalue weighted by atomic mass is 15.2. The molecular weight excluding hydrogens is 940 g/mol. The first-order chi connectivity index (χ1) is 37.4. The summed E-state index contributed by atoms with van der Waals surface area (Å²) in [5, 5.41) is 0. The number of benzene rings is 10. The van der Waals surface area contributed by atoms with Gasteiger partial charge in [-0.2, -0.15) is 0 Å². The summed E-state index contributed by atoms with van der Waals surface area (Å²) in [6.45, 7) is 25.9. The van der Waals surface area contributed by atoms with Gasteiger partial charge < -0.3 is 9.80 Å². The number of hydrogen-bond acceptors (Lipinski definition) is 2. The van der Waals surface area contributed by atoms with Gasteiger partial charge in [0.1, 0.15) is 0 Å².